The Labute approximate surface area is 204 Å². The number of ether oxygens (including phenoxy) is 3. The topological polar surface area (TPSA) is 82.1 Å². The zero-order valence-electron chi connectivity index (χ0n) is 19.5. The number of fused-ring (bicyclic) bond motifs is 2. The van der Waals surface area contributed by atoms with Crippen LogP contribution in [-0.4, -0.2) is 44.0 Å². The molecule has 0 aromatic heterocycles. The van der Waals surface area contributed by atoms with Crippen LogP contribution in [0.15, 0.2) is 42.5 Å². The third-order valence-corrected chi connectivity index (χ3v) is 5.50. The third kappa shape index (κ3) is 4.46. The van der Waals surface area contributed by atoms with Crippen molar-refractivity contribution in [3.8, 4) is 11.5 Å². The van der Waals surface area contributed by atoms with Gasteiger partial charge in [0.05, 0.1) is 36.4 Å². The molecule has 0 spiro atoms. The average molecular weight is 501 g/mol. The van der Waals surface area contributed by atoms with E-state index >= 15 is 4.39 Å². The van der Waals surface area contributed by atoms with Gasteiger partial charge in [0, 0.05) is 10.8 Å². The largest absolute Gasteiger partial charge is 0.492 e. The summed E-state index contributed by atoms with van der Waals surface area (Å²) in [7, 11) is 0. The number of halogens is 3. The summed E-state index contributed by atoms with van der Waals surface area (Å²) in [5.41, 5.74) is -0.550. The van der Waals surface area contributed by atoms with E-state index in [0.29, 0.717) is 15.7 Å². The summed E-state index contributed by atoms with van der Waals surface area (Å²) in [6, 6.07) is 10.1. The number of hydrogen-bond acceptors (Lipinski definition) is 6. The standard InChI is InChI=1S/C26H22F3NO6/c1-3-34-20(31)12-14-9-10-18(17(27)11-14)30-25(32)21-22(26(30)33)24(36-13-19(28)29)16-8-6-5-7-15(16)23(21)35-4-2/h5-11,19H,3-4,12-13H2,1-2H3. The Morgan fingerprint density at radius 2 is 1.53 bits per heavy atom. The van der Waals surface area contributed by atoms with Crippen molar-refractivity contribution in [3.05, 3.63) is 65.0 Å². The number of amides is 2. The molecular formula is C26H22F3NO6. The van der Waals surface area contributed by atoms with Crippen LogP contribution in [0.5, 0.6) is 11.5 Å². The van der Waals surface area contributed by atoms with Crippen LogP contribution >= 0.6 is 0 Å². The molecule has 7 nitrogen and oxygen atoms in total. The highest BCUT2D eigenvalue weighted by atomic mass is 19.3. The Morgan fingerprint density at radius 3 is 2.06 bits per heavy atom. The first-order valence-electron chi connectivity index (χ1n) is 11.2. The Morgan fingerprint density at radius 1 is 0.917 bits per heavy atom. The maximum atomic E-state index is 15.1. The SMILES string of the molecule is CCOC(=O)Cc1ccc(N2C(=O)c3c(c(OCC(F)F)c4ccccc4c3OCC)C2=O)c(F)c1. The molecule has 188 valence electrons. The molecular weight excluding hydrogens is 479 g/mol. The molecule has 3 aromatic rings. The van der Waals surface area contributed by atoms with Crippen LogP contribution in [0.25, 0.3) is 10.8 Å². The maximum absolute atomic E-state index is 15.1. The Kier molecular flexibility index (Phi) is 7.14. The van der Waals surface area contributed by atoms with Crippen LogP contribution < -0.4 is 14.4 Å². The predicted octanol–water partition coefficient (Wildman–Crippen LogP) is 4.93. The second-order valence-corrected chi connectivity index (χ2v) is 7.80. The van der Waals surface area contributed by atoms with Crippen LogP contribution in [-0.2, 0) is 16.0 Å². The number of nitrogens with zero attached hydrogens (tertiary/aromatic N) is 1. The zero-order chi connectivity index (χ0) is 26.0. The van der Waals surface area contributed by atoms with Crippen LogP contribution in [0, 0.1) is 5.82 Å². The lowest BCUT2D eigenvalue weighted by molar-refractivity contribution is -0.142. The highest BCUT2D eigenvalue weighted by Crippen LogP contribution is 2.46. The molecule has 1 aliphatic heterocycles. The van der Waals surface area contributed by atoms with Crippen molar-refractivity contribution in [2.24, 2.45) is 0 Å². The fraction of sp³-hybridized carbons (Fsp3) is 0.269. The smallest absolute Gasteiger partial charge is 0.310 e. The molecule has 0 fully saturated rings. The van der Waals surface area contributed by atoms with Gasteiger partial charge in [-0.05, 0) is 31.5 Å². The summed E-state index contributed by atoms with van der Waals surface area (Å²) in [5, 5.41) is 0.684. The lowest BCUT2D eigenvalue weighted by atomic mass is 9.99. The Hall–Kier alpha value is -4.08. The molecule has 0 atom stereocenters. The zero-order valence-corrected chi connectivity index (χ0v) is 19.5. The van der Waals surface area contributed by atoms with E-state index in [0.717, 1.165) is 6.07 Å². The van der Waals surface area contributed by atoms with E-state index < -0.39 is 36.6 Å². The lowest BCUT2D eigenvalue weighted by Gasteiger charge is -2.16. The molecule has 4 rings (SSSR count). The second kappa shape index (κ2) is 10.3. The molecule has 10 heteroatoms. The van der Waals surface area contributed by atoms with E-state index in [2.05, 4.69) is 0 Å². The van der Waals surface area contributed by atoms with E-state index in [9.17, 15) is 23.2 Å². The molecule has 0 saturated heterocycles. The quantitative estimate of drug-likeness (QED) is 0.306. The summed E-state index contributed by atoms with van der Waals surface area (Å²) >= 11 is 0. The van der Waals surface area contributed by atoms with Gasteiger partial charge < -0.3 is 14.2 Å². The number of benzene rings is 3. The number of rotatable bonds is 9. The van der Waals surface area contributed by atoms with E-state index in [4.69, 9.17) is 14.2 Å². The van der Waals surface area contributed by atoms with Crippen LogP contribution in [0.1, 0.15) is 40.1 Å². The van der Waals surface area contributed by atoms with Crippen molar-refractivity contribution in [1.29, 1.82) is 0 Å². The third-order valence-electron chi connectivity index (χ3n) is 5.50. The van der Waals surface area contributed by atoms with Crippen molar-refractivity contribution in [1.82, 2.24) is 0 Å². The second-order valence-electron chi connectivity index (χ2n) is 7.80. The van der Waals surface area contributed by atoms with Crippen molar-refractivity contribution in [2.75, 3.05) is 24.7 Å². The normalized spacial score (nSPS) is 12.9. The molecule has 0 aliphatic carbocycles. The summed E-state index contributed by atoms with van der Waals surface area (Å²) in [6.45, 7) is 2.63. The fourth-order valence-corrected chi connectivity index (χ4v) is 4.13. The average Bonchev–Trinajstić information content (AvgIpc) is 3.09. The Balaban J connectivity index is 1.85. The minimum Gasteiger partial charge on any atom is -0.492 e. The van der Waals surface area contributed by atoms with Crippen LogP contribution in [0.4, 0.5) is 18.9 Å². The van der Waals surface area contributed by atoms with Gasteiger partial charge >= 0.3 is 5.97 Å². The van der Waals surface area contributed by atoms with Gasteiger partial charge in [-0.3, -0.25) is 14.4 Å². The monoisotopic (exact) mass is 501 g/mol. The van der Waals surface area contributed by atoms with Crippen molar-refractivity contribution in [2.45, 2.75) is 26.7 Å². The summed E-state index contributed by atoms with van der Waals surface area (Å²) in [6.07, 6.45) is -3.03. The van der Waals surface area contributed by atoms with Crippen LogP contribution in [0.2, 0.25) is 0 Å². The minimum atomic E-state index is -2.83. The highest BCUT2D eigenvalue weighted by molar-refractivity contribution is 6.38. The number of carbonyl (C=O) groups excluding carboxylic acids is 3. The van der Waals surface area contributed by atoms with Gasteiger partial charge in [0.1, 0.15) is 23.9 Å². The number of anilines is 1. The van der Waals surface area contributed by atoms with E-state index in [1.165, 1.54) is 12.1 Å². The molecule has 0 radical (unpaired) electrons. The molecule has 0 unspecified atom stereocenters. The van der Waals surface area contributed by atoms with Gasteiger partial charge in [0.15, 0.2) is 0 Å². The van der Waals surface area contributed by atoms with Gasteiger partial charge in [0.25, 0.3) is 18.2 Å². The predicted molar refractivity (Wildman–Crippen MR) is 124 cm³/mol. The fourth-order valence-electron chi connectivity index (χ4n) is 4.13. The molecule has 1 heterocycles. The number of carbonyl (C=O) groups is 3. The highest BCUT2D eigenvalue weighted by Gasteiger charge is 2.44. The molecule has 36 heavy (non-hydrogen) atoms. The lowest BCUT2D eigenvalue weighted by Crippen LogP contribution is -2.30. The van der Waals surface area contributed by atoms with Gasteiger partial charge in [-0.15, -0.1) is 0 Å². The van der Waals surface area contributed by atoms with Gasteiger partial charge in [-0.2, -0.15) is 0 Å². The Bertz CT molecular complexity index is 1360. The maximum Gasteiger partial charge on any atom is 0.310 e. The van der Waals surface area contributed by atoms with E-state index in [1.54, 1.807) is 38.1 Å². The summed E-state index contributed by atoms with van der Waals surface area (Å²) < 4.78 is 57.1. The van der Waals surface area contributed by atoms with E-state index in [-0.39, 0.29) is 53.5 Å². The van der Waals surface area contributed by atoms with Gasteiger partial charge in [-0.25, -0.2) is 18.1 Å². The van der Waals surface area contributed by atoms with Crippen molar-refractivity contribution < 1.29 is 41.8 Å². The molecule has 0 saturated carbocycles. The van der Waals surface area contributed by atoms with E-state index in [1.807, 2.05) is 0 Å². The first-order valence-corrected chi connectivity index (χ1v) is 11.2. The summed E-state index contributed by atoms with van der Waals surface area (Å²) in [4.78, 5) is 39.4. The van der Waals surface area contributed by atoms with Crippen LogP contribution in [0.3, 0.4) is 0 Å². The number of alkyl halides is 2. The molecule has 0 bridgehead atoms. The summed E-state index contributed by atoms with van der Waals surface area (Å²) in [5.74, 6) is -3.44. The van der Waals surface area contributed by atoms with Crippen molar-refractivity contribution >= 4 is 34.2 Å². The molecule has 3 aromatic carbocycles. The first kappa shape index (κ1) is 25.0. The molecule has 1 aliphatic rings. The van der Waals surface area contributed by atoms with Gasteiger partial charge in [-0.1, -0.05) is 30.3 Å². The minimum absolute atomic E-state index is 0.0766. The van der Waals surface area contributed by atoms with Gasteiger partial charge in [0.2, 0.25) is 0 Å². The molecule has 0 N–H and O–H groups in total. The molecule has 2 amide bonds. The van der Waals surface area contributed by atoms with Crippen molar-refractivity contribution in [3.63, 3.8) is 0 Å². The number of imide groups is 1. The number of hydrogen-bond donors (Lipinski definition) is 0. The number of esters is 1. The first-order chi connectivity index (χ1) is 17.3.